The standard InChI is InChI=1S/2C28H23NO4S2/c2*1-23-13-11-12-14-24(23)21-22-28(25-15-5-2-6-16-25)29(34(30,31)26-17-7-3-8-18-26)35(32,33)27-19-9-4-10-20-27/h2*2-21H,1H3. The molecule has 0 aliphatic rings. The van der Waals surface area contributed by atoms with E-state index in [0.717, 1.165) is 22.3 Å². The molecule has 0 aliphatic carbocycles. The van der Waals surface area contributed by atoms with Crippen molar-refractivity contribution >= 4 is 63.6 Å². The lowest BCUT2D eigenvalue weighted by Crippen LogP contribution is -2.35. The largest absolute Gasteiger partial charge is 0.278 e. The minimum Gasteiger partial charge on any atom is -0.200 e. The number of hydrogen-bond acceptors (Lipinski definition) is 8. The number of sulfonamides is 4. The Morgan fingerprint density at radius 1 is 0.314 bits per heavy atom. The molecule has 10 nitrogen and oxygen atoms in total. The molecule has 0 heterocycles. The van der Waals surface area contributed by atoms with Gasteiger partial charge in [-0.05, 0) is 96.8 Å². The van der Waals surface area contributed by atoms with Gasteiger partial charge >= 0.3 is 0 Å². The molecule has 0 amide bonds. The molecule has 8 rings (SSSR count). The quantitative estimate of drug-likeness (QED) is 0.0980. The van der Waals surface area contributed by atoms with Crippen LogP contribution in [0.2, 0.25) is 0 Å². The monoisotopic (exact) mass is 1000 g/mol. The molecule has 14 heteroatoms. The summed E-state index contributed by atoms with van der Waals surface area (Å²) < 4.78 is 112. The summed E-state index contributed by atoms with van der Waals surface area (Å²) in [6.07, 6.45) is 3.21. The van der Waals surface area contributed by atoms with Crippen molar-refractivity contribution in [1.82, 2.24) is 7.42 Å². The Hall–Kier alpha value is -7.80. The topological polar surface area (TPSA) is 143 Å². The van der Waals surface area contributed by atoms with Crippen LogP contribution >= 0.6 is 0 Å². The van der Waals surface area contributed by atoms with Crippen molar-refractivity contribution < 1.29 is 33.7 Å². The van der Waals surface area contributed by atoms with Gasteiger partial charge in [0.1, 0.15) is 11.4 Å². The molecule has 0 unspecified atom stereocenters. The van der Waals surface area contributed by atoms with Gasteiger partial charge < -0.3 is 0 Å². The van der Waals surface area contributed by atoms with Gasteiger partial charge in [-0.15, -0.1) is 7.42 Å². The summed E-state index contributed by atoms with van der Waals surface area (Å²) in [7, 11) is -18.2. The maximum Gasteiger partial charge on any atom is 0.278 e. The Kier molecular flexibility index (Phi) is 15.8. The fourth-order valence-electron chi connectivity index (χ4n) is 6.96. The molecule has 8 aromatic carbocycles. The van der Waals surface area contributed by atoms with Gasteiger partial charge in [-0.2, -0.15) is 33.7 Å². The molecule has 0 radical (unpaired) electrons. The van der Waals surface area contributed by atoms with Gasteiger partial charge in [0.25, 0.3) is 40.1 Å². The van der Waals surface area contributed by atoms with Crippen LogP contribution < -0.4 is 0 Å². The van der Waals surface area contributed by atoms with Gasteiger partial charge in [-0.3, -0.25) is 0 Å². The Balaban J connectivity index is 0.000000206. The second-order valence-corrected chi connectivity index (χ2v) is 23.0. The van der Waals surface area contributed by atoms with Gasteiger partial charge in [0.05, 0.1) is 19.6 Å². The van der Waals surface area contributed by atoms with Gasteiger partial charge in [0, 0.05) is 11.1 Å². The number of nitrogens with zero attached hydrogens (tertiary/aromatic N) is 2. The molecule has 0 aliphatic heterocycles. The summed E-state index contributed by atoms with van der Waals surface area (Å²) in [5.74, 6) is 0. The Morgan fingerprint density at radius 3 is 0.771 bits per heavy atom. The molecule has 70 heavy (non-hydrogen) atoms. The predicted octanol–water partition coefficient (Wildman–Crippen LogP) is 11.5. The minimum absolute atomic E-state index is 0.110. The van der Waals surface area contributed by atoms with Crippen molar-refractivity contribution in [2.45, 2.75) is 33.4 Å². The Morgan fingerprint density at radius 2 is 0.529 bits per heavy atom. The predicted molar refractivity (Wildman–Crippen MR) is 276 cm³/mol. The lowest BCUT2D eigenvalue weighted by Gasteiger charge is -2.25. The van der Waals surface area contributed by atoms with E-state index in [2.05, 4.69) is 11.5 Å². The van der Waals surface area contributed by atoms with E-state index >= 15 is 0 Å². The number of rotatable bonds is 14. The fraction of sp³-hybridized carbons (Fsp3) is 0.0357. The van der Waals surface area contributed by atoms with Gasteiger partial charge in [0.15, 0.2) is 0 Å². The first kappa shape index (κ1) is 50.1. The summed E-state index contributed by atoms with van der Waals surface area (Å²) in [5, 5.41) is 0. The van der Waals surface area contributed by atoms with Gasteiger partial charge in [-0.1, -0.05) is 193 Å². The summed E-state index contributed by atoms with van der Waals surface area (Å²) >= 11 is 0. The highest BCUT2D eigenvalue weighted by Gasteiger charge is 2.40. The third kappa shape index (κ3) is 11.4. The zero-order valence-electron chi connectivity index (χ0n) is 37.9. The molecule has 0 atom stereocenters. The van der Waals surface area contributed by atoms with Gasteiger partial charge in [-0.25, -0.2) is 0 Å². The lowest BCUT2D eigenvalue weighted by atomic mass is 10.1. The molecule has 0 saturated heterocycles. The van der Waals surface area contributed by atoms with Crippen LogP contribution in [0.4, 0.5) is 0 Å². The van der Waals surface area contributed by atoms with Crippen LogP contribution in [-0.2, 0) is 40.1 Å². The Labute approximate surface area is 411 Å². The first-order chi connectivity index (χ1) is 33.6. The molecular formula is C56H46N2O8S4. The van der Waals surface area contributed by atoms with Crippen LogP contribution in [0, 0.1) is 13.8 Å². The summed E-state index contributed by atoms with van der Waals surface area (Å²) in [6.45, 7) is 3.82. The molecule has 0 saturated carbocycles. The maximum absolute atomic E-state index is 13.9. The second-order valence-electron chi connectivity index (χ2n) is 15.4. The molecule has 0 bridgehead atoms. The van der Waals surface area contributed by atoms with Crippen LogP contribution in [0.3, 0.4) is 0 Å². The number of aryl methyl sites for hydroxylation is 2. The molecule has 0 spiro atoms. The van der Waals surface area contributed by atoms with E-state index in [1.54, 1.807) is 146 Å². The van der Waals surface area contributed by atoms with Crippen LogP contribution in [0.15, 0.2) is 262 Å². The van der Waals surface area contributed by atoms with E-state index in [4.69, 9.17) is 0 Å². The van der Waals surface area contributed by atoms with E-state index in [1.807, 2.05) is 62.4 Å². The lowest BCUT2D eigenvalue weighted by molar-refractivity contribution is 0.538. The number of hydrogen-bond donors (Lipinski definition) is 0. The average Bonchev–Trinajstić information content (AvgIpc) is 3.38. The highest BCUT2D eigenvalue weighted by Crippen LogP contribution is 2.35. The van der Waals surface area contributed by atoms with Crippen molar-refractivity contribution in [3.8, 4) is 0 Å². The van der Waals surface area contributed by atoms with Crippen molar-refractivity contribution in [2.75, 3.05) is 0 Å². The first-order valence-electron chi connectivity index (χ1n) is 21.6. The summed E-state index contributed by atoms with van der Waals surface area (Å²) in [6, 6.07) is 62.1. The smallest absolute Gasteiger partial charge is 0.200 e. The normalized spacial score (nSPS) is 11.3. The minimum atomic E-state index is -4.54. The van der Waals surface area contributed by atoms with E-state index < -0.39 is 40.1 Å². The van der Waals surface area contributed by atoms with Crippen molar-refractivity contribution in [1.29, 1.82) is 0 Å². The van der Waals surface area contributed by atoms with Crippen molar-refractivity contribution in [3.05, 3.63) is 275 Å². The molecule has 352 valence electrons. The highest BCUT2D eigenvalue weighted by atomic mass is 32.3. The first-order valence-corrected chi connectivity index (χ1v) is 27.4. The summed E-state index contributed by atoms with van der Waals surface area (Å²) in [4.78, 5) is -0.590. The molecule has 0 N–H and O–H groups in total. The molecule has 0 fully saturated rings. The van der Waals surface area contributed by atoms with Crippen LogP contribution in [0.25, 0.3) is 23.5 Å². The third-order valence-corrected chi connectivity index (χ3v) is 18.9. The zero-order chi connectivity index (χ0) is 49.8. The second kappa shape index (κ2) is 22.1. The van der Waals surface area contributed by atoms with E-state index in [0.29, 0.717) is 18.5 Å². The molecule has 8 aromatic rings. The van der Waals surface area contributed by atoms with E-state index in [-0.39, 0.29) is 31.0 Å². The molecule has 0 aromatic heterocycles. The number of benzene rings is 8. The van der Waals surface area contributed by atoms with Crippen molar-refractivity contribution in [3.63, 3.8) is 0 Å². The summed E-state index contributed by atoms with van der Waals surface area (Å²) in [5.41, 5.74) is 10.0. The highest BCUT2D eigenvalue weighted by molar-refractivity contribution is 8.05. The van der Waals surface area contributed by atoms with Crippen LogP contribution in [-0.4, -0.2) is 41.1 Å². The molecular weight excluding hydrogens is 957 g/mol. The third-order valence-electron chi connectivity index (χ3n) is 10.6. The van der Waals surface area contributed by atoms with Gasteiger partial charge in [0.2, 0.25) is 0 Å². The fourth-order valence-corrected chi connectivity index (χ4v) is 14.4. The SMILES string of the molecule is Cc1ccccc1C=C=C(c1ccccc1)N(S(=O)(=O)c1ccccc1)S(=O)(=O)c1ccccc1.Cc1ccccc1C=C=C(c1ccccc1)N(S(=O)(=O)c1ccccc1)S(=O)(=O)c1ccccc1. The van der Waals surface area contributed by atoms with Crippen LogP contribution in [0.5, 0.6) is 0 Å². The van der Waals surface area contributed by atoms with E-state index in [9.17, 15) is 33.7 Å². The average molecular weight is 1000 g/mol. The van der Waals surface area contributed by atoms with E-state index in [1.165, 1.54) is 48.5 Å². The Bertz CT molecular complexity index is 3290. The van der Waals surface area contributed by atoms with Crippen LogP contribution in [0.1, 0.15) is 33.4 Å². The maximum atomic E-state index is 13.9. The zero-order valence-corrected chi connectivity index (χ0v) is 41.2. The van der Waals surface area contributed by atoms with Crippen molar-refractivity contribution in [2.24, 2.45) is 0 Å².